The normalized spacial score (nSPS) is 14.0. The second-order valence-corrected chi connectivity index (χ2v) is 3.53. The molecule has 0 aliphatic carbocycles. The van der Waals surface area contributed by atoms with Crippen LogP contribution in [0, 0.1) is 5.82 Å². The van der Waals surface area contributed by atoms with Crippen molar-refractivity contribution >= 4 is 11.6 Å². The molecule has 0 radical (unpaired) electrons. The third-order valence-corrected chi connectivity index (χ3v) is 2.04. The first-order chi connectivity index (χ1) is 6.79. The number of nitrogens with two attached hydrogens (primary N) is 1. The molecule has 84 valence electrons. The van der Waals surface area contributed by atoms with Gasteiger partial charge in [0, 0.05) is 16.6 Å². The molecular weight excluding hydrogens is 234 g/mol. The van der Waals surface area contributed by atoms with Gasteiger partial charge in [-0.2, -0.15) is 13.2 Å². The summed E-state index contributed by atoms with van der Waals surface area (Å²) in [5, 5.41) is 0.157. The van der Waals surface area contributed by atoms with Gasteiger partial charge < -0.3 is 5.73 Å². The summed E-state index contributed by atoms with van der Waals surface area (Å²) in [4.78, 5) is 0. The molecule has 2 N–H and O–H groups in total. The van der Waals surface area contributed by atoms with Crippen molar-refractivity contribution in [1.82, 2.24) is 0 Å². The minimum absolute atomic E-state index is 0.157. The van der Waals surface area contributed by atoms with Gasteiger partial charge in [0.1, 0.15) is 5.82 Å². The highest BCUT2D eigenvalue weighted by Gasteiger charge is 2.31. The van der Waals surface area contributed by atoms with E-state index in [1.165, 1.54) is 6.07 Å². The standard InChI is InChI=1S/C9H8ClF4N/c10-5-1-2-7(11)6(3-5)8(15)4-9(12,13)14/h1-3,8H,4,15H2/t8-/m0/s1. The maximum atomic E-state index is 13.1. The van der Waals surface area contributed by atoms with Crippen LogP contribution in [0.3, 0.4) is 0 Å². The van der Waals surface area contributed by atoms with E-state index < -0.39 is 24.5 Å². The van der Waals surface area contributed by atoms with Crippen molar-refractivity contribution < 1.29 is 17.6 Å². The Morgan fingerprint density at radius 1 is 1.33 bits per heavy atom. The molecule has 0 bridgehead atoms. The smallest absolute Gasteiger partial charge is 0.324 e. The van der Waals surface area contributed by atoms with Gasteiger partial charge in [0.2, 0.25) is 0 Å². The zero-order valence-electron chi connectivity index (χ0n) is 7.48. The molecule has 0 saturated carbocycles. The van der Waals surface area contributed by atoms with E-state index in [-0.39, 0.29) is 10.6 Å². The Bertz CT molecular complexity index is 350. The Morgan fingerprint density at radius 3 is 2.47 bits per heavy atom. The minimum atomic E-state index is -4.42. The summed E-state index contributed by atoms with van der Waals surface area (Å²) in [6.45, 7) is 0. The van der Waals surface area contributed by atoms with Gasteiger partial charge >= 0.3 is 6.18 Å². The van der Waals surface area contributed by atoms with Crippen molar-refractivity contribution in [2.75, 3.05) is 0 Å². The van der Waals surface area contributed by atoms with Crippen molar-refractivity contribution in [1.29, 1.82) is 0 Å². The molecule has 1 rings (SSSR count). The third-order valence-electron chi connectivity index (χ3n) is 1.81. The lowest BCUT2D eigenvalue weighted by Crippen LogP contribution is -2.21. The first-order valence-corrected chi connectivity index (χ1v) is 4.44. The average Bonchev–Trinajstić information content (AvgIpc) is 2.06. The maximum Gasteiger partial charge on any atom is 0.390 e. The van der Waals surface area contributed by atoms with Gasteiger partial charge in [-0.05, 0) is 18.2 Å². The molecule has 0 fully saturated rings. The van der Waals surface area contributed by atoms with E-state index >= 15 is 0 Å². The molecule has 0 unspecified atom stereocenters. The van der Waals surface area contributed by atoms with Crippen LogP contribution in [0.4, 0.5) is 17.6 Å². The Labute approximate surface area is 88.8 Å². The highest BCUT2D eigenvalue weighted by Crippen LogP contribution is 2.30. The summed E-state index contributed by atoms with van der Waals surface area (Å²) in [6.07, 6.45) is -5.70. The van der Waals surface area contributed by atoms with Crippen LogP contribution >= 0.6 is 11.6 Å². The summed E-state index contributed by atoms with van der Waals surface area (Å²) in [5.74, 6) is -0.781. The van der Waals surface area contributed by atoms with Gasteiger partial charge in [0.05, 0.1) is 6.42 Å². The van der Waals surface area contributed by atoms with E-state index in [4.69, 9.17) is 17.3 Å². The molecule has 0 aromatic heterocycles. The molecule has 1 aromatic rings. The fourth-order valence-corrected chi connectivity index (χ4v) is 1.34. The summed E-state index contributed by atoms with van der Waals surface area (Å²) >= 11 is 5.53. The second-order valence-electron chi connectivity index (χ2n) is 3.09. The fourth-order valence-electron chi connectivity index (χ4n) is 1.16. The first kappa shape index (κ1) is 12.3. The van der Waals surface area contributed by atoms with Crippen LogP contribution in [0.25, 0.3) is 0 Å². The van der Waals surface area contributed by atoms with Crippen molar-refractivity contribution in [2.45, 2.75) is 18.6 Å². The third kappa shape index (κ3) is 3.68. The molecule has 15 heavy (non-hydrogen) atoms. The van der Waals surface area contributed by atoms with E-state index in [0.29, 0.717) is 0 Å². The van der Waals surface area contributed by atoms with Crippen molar-refractivity contribution in [2.24, 2.45) is 5.73 Å². The highest BCUT2D eigenvalue weighted by atomic mass is 35.5. The molecule has 6 heteroatoms. The Balaban J connectivity index is 2.90. The van der Waals surface area contributed by atoms with E-state index in [9.17, 15) is 17.6 Å². The Kier molecular flexibility index (Phi) is 3.57. The number of halogens is 5. The van der Waals surface area contributed by atoms with E-state index in [2.05, 4.69) is 0 Å². The number of rotatable bonds is 2. The summed E-state index contributed by atoms with van der Waals surface area (Å²) in [6, 6.07) is 1.92. The van der Waals surface area contributed by atoms with E-state index in [0.717, 1.165) is 12.1 Å². The minimum Gasteiger partial charge on any atom is -0.324 e. The lowest BCUT2D eigenvalue weighted by Gasteiger charge is -2.15. The Hall–Kier alpha value is -0.810. The zero-order chi connectivity index (χ0) is 11.6. The highest BCUT2D eigenvalue weighted by molar-refractivity contribution is 6.30. The van der Waals surface area contributed by atoms with Crippen LogP contribution in [0.2, 0.25) is 5.02 Å². The molecule has 0 aliphatic heterocycles. The maximum absolute atomic E-state index is 13.1. The van der Waals surface area contributed by atoms with Crippen molar-refractivity contribution in [3.8, 4) is 0 Å². The molecule has 0 aliphatic rings. The van der Waals surface area contributed by atoms with Crippen molar-refractivity contribution in [3.63, 3.8) is 0 Å². The van der Waals surface area contributed by atoms with Gasteiger partial charge in [0.15, 0.2) is 0 Å². The van der Waals surface area contributed by atoms with Gasteiger partial charge in [0.25, 0.3) is 0 Å². The topological polar surface area (TPSA) is 26.0 Å². The first-order valence-electron chi connectivity index (χ1n) is 4.07. The van der Waals surface area contributed by atoms with E-state index in [1.807, 2.05) is 0 Å². The molecule has 1 aromatic carbocycles. The average molecular weight is 242 g/mol. The number of benzene rings is 1. The second kappa shape index (κ2) is 4.37. The van der Waals surface area contributed by atoms with Crippen LogP contribution in [0.5, 0.6) is 0 Å². The van der Waals surface area contributed by atoms with Crippen LogP contribution < -0.4 is 5.73 Å². The predicted octanol–water partition coefficient (Wildman–Crippen LogP) is 3.43. The fraction of sp³-hybridized carbons (Fsp3) is 0.333. The molecule has 0 spiro atoms. The Morgan fingerprint density at radius 2 is 1.93 bits per heavy atom. The van der Waals surface area contributed by atoms with Gasteiger partial charge in [-0.15, -0.1) is 0 Å². The SMILES string of the molecule is N[C@@H](CC(F)(F)F)c1cc(Cl)ccc1F. The van der Waals surface area contributed by atoms with Crippen LogP contribution in [-0.2, 0) is 0 Å². The van der Waals surface area contributed by atoms with E-state index in [1.54, 1.807) is 0 Å². The lowest BCUT2D eigenvalue weighted by atomic mass is 10.0. The predicted molar refractivity (Wildman–Crippen MR) is 49.0 cm³/mol. The summed E-state index contributed by atoms with van der Waals surface area (Å²) < 4.78 is 49.1. The van der Waals surface area contributed by atoms with Gasteiger partial charge in [-0.3, -0.25) is 0 Å². The number of alkyl halides is 3. The molecule has 0 saturated heterocycles. The number of hydrogen-bond acceptors (Lipinski definition) is 1. The molecular formula is C9H8ClF4N. The number of hydrogen-bond donors (Lipinski definition) is 1. The van der Waals surface area contributed by atoms with Crippen molar-refractivity contribution in [3.05, 3.63) is 34.6 Å². The molecule has 0 amide bonds. The zero-order valence-corrected chi connectivity index (χ0v) is 8.24. The lowest BCUT2D eigenvalue weighted by molar-refractivity contribution is -0.138. The monoisotopic (exact) mass is 241 g/mol. The largest absolute Gasteiger partial charge is 0.390 e. The van der Waals surface area contributed by atoms with Gasteiger partial charge in [-0.25, -0.2) is 4.39 Å². The quantitative estimate of drug-likeness (QED) is 0.789. The van der Waals surface area contributed by atoms with Crippen LogP contribution in [0.1, 0.15) is 18.0 Å². The van der Waals surface area contributed by atoms with Crippen LogP contribution in [0.15, 0.2) is 18.2 Å². The molecule has 0 heterocycles. The summed E-state index contributed by atoms with van der Waals surface area (Å²) in [5.41, 5.74) is 5.01. The summed E-state index contributed by atoms with van der Waals surface area (Å²) in [7, 11) is 0. The van der Waals surface area contributed by atoms with Crippen LogP contribution in [-0.4, -0.2) is 6.18 Å². The molecule has 1 atom stereocenters. The van der Waals surface area contributed by atoms with Gasteiger partial charge in [-0.1, -0.05) is 11.6 Å². The molecule has 1 nitrogen and oxygen atoms in total.